The molecule has 0 aliphatic rings. The first-order valence-corrected chi connectivity index (χ1v) is 6.91. The molecule has 0 saturated carbocycles. The summed E-state index contributed by atoms with van der Waals surface area (Å²) in [6, 6.07) is 17.7. The molecule has 104 valence electrons. The number of hydrogen-bond donors (Lipinski definition) is 2. The Labute approximate surface area is 120 Å². The van der Waals surface area contributed by atoms with E-state index in [0.29, 0.717) is 6.42 Å². The molecule has 0 atom stereocenters. The van der Waals surface area contributed by atoms with Crippen molar-refractivity contribution in [3.8, 4) is 0 Å². The first-order chi connectivity index (χ1) is 9.78. The number of anilines is 1. The van der Waals surface area contributed by atoms with E-state index in [1.165, 1.54) is 5.56 Å². The third-order valence-corrected chi connectivity index (χ3v) is 3.00. The zero-order chi connectivity index (χ0) is 14.2. The van der Waals surface area contributed by atoms with Gasteiger partial charge in [-0.3, -0.25) is 4.79 Å². The van der Waals surface area contributed by atoms with Crippen LogP contribution in [0.25, 0.3) is 0 Å². The number of rotatable bonds is 6. The van der Waals surface area contributed by atoms with Crippen LogP contribution in [0.15, 0.2) is 54.6 Å². The molecule has 0 saturated heterocycles. The molecule has 0 aromatic heterocycles. The van der Waals surface area contributed by atoms with Crippen LogP contribution in [0, 0.1) is 0 Å². The zero-order valence-corrected chi connectivity index (χ0v) is 11.7. The first-order valence-electron chi connectivity index (χ1n) is 6.91. The maximum atomic E-state index is 12.0. The van der Waals surface area contributed by atoms with Crippen LogP contribution in [0.1, 0.15) is 18.1 Å². The summed E-state index contributed by atoms with van der Waals surface area (Å²) in [5, 5.41) is 6.21. The minimum atomic E-state index is 0.0109. The normalized spacial score (nSPS) is 10.2. The molecule has 3 nitrogen and oxygen atoms in total. The maximum Gasteiger partial charge on any atom is 0.228 e. The molecule has 2 aromatic rings. The van der Waals surface area contributed by atoms with Crippen LogP contribution in [0.4, 0.5) is 5.69 Å². The summed E-state index contributed by atoms with van der Waals surface area (Å²) in [6.07, 6.45) is 0.401. The third kappa shape index (κ3) is 4.52. The highest BCUT2D eigenvalue weighted by atomic mass is 16.1. The van der Waals surface area contributed by atoms with Gasteiger partial charge in [-0.05, 0) is 29.8 Å². The van der Waals surface area contributed by atoms with Gasteiger partial charge in [-0.25, -0.2) is 0 Å². The lowest BCUT2D eigenvalue weighted by atomic mass is 10.1. The Morgan fingerprint density at radius 3 is 2.50 bits per heavy atom. The van der Waals surface area contributed by atoms with Crippen molar-refractivity contribution < 1.29 is 4.79 Å². The van der Waals surface area contributed by atoms with Gasteiger partial charge in [-0.1, -0.05) is 49.4 Å². The molecule has 0 aliphatic heterocycles. The highest BCUT2D eigenvalue weighted by Gasteiger charge is 2.04. The van der Waals surface area contributed by atoms with E-state index < -0.39 is 0 Å². The minimum Gasteiger partial charge on any atom is -0.326 e. The van der Waals surface area contributed by atoms with Crippen molar-refractivity contribution in [2.24, 2.45) is 0 Å². The summed E-state index contributed by atoms with van der Waals surface area (Å²) in [5.74, 6) is 0.0109. The average Bonchev–Trinajstić information content (AvgIpc) is 2.46. The molecule has 0 fully saturated rings. The Morgan fingerprint density at radius 2 is 1.75 bits per heavy atom. The van der Waals surface area contributed by atoms with Gasteiger partial charge in [0.25, 0.3) is 0 Å². The molecule has 1 amide bonds. The van der Waals surface area contributed by atoms with E-state index in [0.717, 1.165) is 24.3 Å². The predicted octanol–water partition coefficient (Wildman–Crippen LogP) is 2.98. The molecule has 3 heteroatoms. The fraction of sp³-hybridized carbons (Fsp3) is 0.235. The molecule has 0 bridgehead atoms. The second-order valence-electron chi connectivity index (χ2n) is 4.69. The number of nitrogens with one attached hydrogen (secondary N) is 2. The molecule has 2 N–H and O–H groups in total. The molecule has 2 aromatic carbocycles. The van der Waals surface area contributed by atoms with Crippen molar-refractivity contribution in [3.63, 3.8) is 0 Å². The minimum absolute atomic E-state index is 0.0109. The standard InChI is InChI=1S/C17H20N2O/c1-2-18-13-15-9-6-10-16(11-15)19-17(20)12-14-7-4-3-5-8-14/h3-11,18H,2,12-13H2,1H3,(H,19,20). The summed E-state index contributed by atoms with van der Waals surface area (Å²) in [6.45, 7) is 3.83. The number of carbonyl (C=O) groups excluding carboxylic acids is 1. The lowest BCUT2D eigenvalue weighted by molar-refractivity contribution is -0.115. The van der Waals surface area contributed by atoms with E-state index in [-0.39, 0.29) is 5.91 Å². The molecule has 0 spiro atoms. The van der Waals surface area contributed by atoms with Crippen molar-refractivity contribution in [1.29, 1.82) is 0 Å². The van der Waals surface area contributed by atoms with Gasteiger partial charge in [0, 0.05) is 12.2 Å². The molecule has 0 heterocycles. The predicted molar refractivity (Wildman–Crippen MR) is 82.6 cm³/mol. The SMILES string of the molecule is CCNCc1cccc(NC(=O)Cc2ccccc2)c1. The summed E-state index contributed by atoms with van der Waals surface area (Å²) in [4.78, 5) is 12.0. The monoisotopic (exact) mass is 268 g/mol. The summed E-state index contributed by atoms with van der Waals surface area (Å²) < 4.78 is 0. The van der Waals surface area contributed by atoms with Gasteiger partial charge in [-0.15, -0.1) is 0 Å². The van der Waals surface area contributed by atoms with Crippen LogP contribution < -0.4 is 10.6 Å². The molecule has 2 rings (SSSR count). The van der Waals surface area contributed by atoms with Crippen molar-refractivity contribution in [2.45, 2.75) is 19.9 Å². The number of benzene rings is 2. The Bertz CT molecular complexity index is 552. The molecule has 0 radical (unpaired) electrons. The summed E-state index contributed by atoms with van der Waals surface area (Å²) in [7, 11) is 0. The van der Waals surface area contributed by atoms with Crippen molar-refractivity contribution in [3.05, 3.63) is 65.7 Å². The highest BCUT2D eigenvalue weighted by molar-refractivity contribution is 5.92. The van der Waals surface area contributed by atoms with Crippen molar-refractivity contribution >= 4 is 11.6 Å². The molecule has 0 aliphatic carbocycles. The van der Waals surface area contributed by atoms with Crippen LogP contribution in [-0.4, -0.2) is 12.5 Å². The topological polar surface area (TPSA) is 41.1 Å². The summed E-state index contributed by atoms with van der Waals surface area (Å²) >= 11 is 0. The van der Waals surface area contributed by atoms with Gasteiger partial charge < -0.3 is 10.6 Å². The van der Waals surface area contributed by atoms with Gasteiger partial charge in [0.15, 0.2) is 0 Å². The van der Waals surface area contributed by atoms with Crippen LogP contribution in [0.5, 0.6) is 0 Å². The van der Waals surface area contributed by atoms with E-state index in [4.69, 9.17) is 0 Å². The number of carbonyl (C=O) groups is 1. The van der Waals surface area contributed by atoms with Gasteiger partial charge in [-0.2, -0.15) is 0 Å². The van der Waals surface area contributed by atoms with E-state index in [2.05, 4.69) is 23.6 Å². The maximum absolute atomic E-state index is 12.0. The van der Waals surface area contributed by atoms with Crippen LogP contribution >= 0.6 is 0 Å². The fourth-order valence-electron chi connectivity index (χ4n) is 2.01. The van der Waals surface area contributed by atoms with Gasteiger partial charge in [0.2, 0.25) is 5.91 Å². The van der Waals surface area contributed by atoms with Gasteiger partial charge in [0.05, 0.1) is 6.42 Å². The zero-order valence-electron chi connectivity index (χ0n) is 11.7. The van der Waals surface area contributed by atoms with Crippen LogP contribution in [0.2, 0.25) is 0 Å². The van der Waals surface area contributed by atoms with Gasteiger partial charge in [0.1, 0.15) is 0 Å². The smallest absolute Gasteiger partial charge is 0.228 e. The lowest BCUT2D eigenvalue weighted by Crippen LogP contribution is -2.15. The summed E-state index contributed by atoms with van der Waals surface area (Å²) in [5.41, 5.74) is 3.04. The van der Waals surface area contributed by atoms with E-state index in [1.54, 1.807) is 0 Å². The lowest BCUT2D eigenvalue weighted by Gasteiger charge is -2.08. The number of hydrogen-bond acceptors (Lipinski definition) is 2. The van der Waals surface area contributed by atoms with E-state index >= 15 is 0 Å². The van der Waals surface area contributed by atoms with E-state index in [1.807, 2.05) is 48.5 Å². The van der Waals surface area contributed by atoms with Crippen molar-refractivity contribution in [2.75, 3.05) is 11.9 Å². The quantitative estimate of drug-likeness (QED) is 0.845. The molecular formula is C17H20N2O. The third-order valence-electron chi connectivity index (χ3n) is 3.00. The Balaban J connectivity index is 1.94. The highest BCUT2D eigenvalue weighted by Crippen LogP contribution is 2.11. The van der Waals surface area contributed by atoms with Crippen LogP contribution in [-0.2, 0) is 17.8 Å². The van der Waals surface area contributed by atoms with Crippen molar-refractivity contribution in [1.82, 2.24) is 5.32 Å². The van der Waals surface area contributed by atoms with Crippen LogP contribution in [0.3, 0.4) is 0 Å². The Kier molecular flexibility index (Phi) is 5.33. The molecular weight excluding hydrogens is 248 g/mol. The molecule has 20 heavy (non-hydrogen) atoms. The Morgan fingerprint density at radius 1 is 1.00 bits per heavy atom. The first kappa shape index (κ1) is 14.3. The van der Waals surface area contributed by atoms with Gasteiger partial charge >= 0.3 is 0 Å². The fourth-order valence-corrected chi connectivity index (χ4v) is 2.01. The average molecular weight is 268 g/mol. The Hall–Kier alpha value is -2.13. The second kappa shape index (κ2) is 7.46. The largest absolute Gasteiger partial charge is 0.326 e. The second-order valence-corrected chi connectivity index (χ2v) is 4.69. The number of amides is 1. The van der Waals surface area contributed by atoms with E-state index in [9.17, 15) is 4.79 Å². The molecule has 0 unspecified atom stereocenters.